The van der Waals surface area contributed by atoms with Gasteiger partial charge in [-0.2, -0.15) is 0 Å². The van der Waals surface area contributed by atoms with E-state index in [1.165, 1.54) is 10.2 Å². The summed E-state index contributed by atoms with van der Waals surface area (Å²) >= 11 is 1.60. The molecule has 0 aliphatic heterocycles. The van der Waals surface area contributed by atoms with Crippen molar-refractivity contribution in [3.05, 3.63) is 60.4 Å². The Morgan fingerprint density at radius 2 is 1.90 bits per heavy atom. The monoisotopic (exact) mass is 297 g/mol. The summed E-state index contributed by atoms with van der Waals surface area (Å²) in [5.74, 6) is 7.60. The van der Waals surface area contributed by atoms with Gasteiger partial charge in [-0.3, -0.25) is 4.98 Å². The second kappa shape index (κ2) is 6.41. The number of thioether (sulfide) groups is 1. The lowest BCUT2D eigenvalue weighted by atomic mass is 10.2. The molecule has 0 saturated heterocycles. The fraction of sp³-hybridized carbons (Fsp3) is 0.133. The lowest BCUT2D eigenvalue weighted by molar-refractivity contribution is 0.848. The molecule has 6 heteroatoms. The minimum Gasteiger partial charge on any atom is -0.335 e. The highest BCUT2D eigenvalue weighted by Crippen LogP contribution is 2.21. The average Bonchev–Trinajstić information content (AvgIpc) is 2.90. The fourth-order valence-corrected chi connectivity index (χ4v) is 2.82. The molecule has 0 saturated carbocycles. The molecular weight excluding hydrogens is 282 g/mol. The first kappa shape index (κ1) is 13.6. The van der Waals surface area contributed by atoms with Gasteiger partial charge in [0.15, 0.2) is 5.82 Å². The second-order valence-electron chi connectivity index (χ2n) is 4.50. The molecule has 5 nitrogen and oxygen atoms in total. The molecule has 2 N–H and O–H groups in total. The van der Waals surface area contributed by atoms with Crippen LogP contribution in [0.15, 0.2) is 60.0 Å². The van der Waals surface area contributed by atoms with Crippen molar-refractivity contribution >= 4 is 11.8 Å². The largest absolute Gasteiger partial charge is 0.335 e. The summed E-state index contributed by atoms with van der Waals surface area (Å²) in [6.07, 6.45) is 4.42. The fourth-order valence-electron chi connectivity index (χ4n) is 1.97. The van der Waals surface area contributed by atoms with Crippen LogP contribution < -0.4 is 5.84 Å². The number of rotatable bonds is 5. The van der Waals surface area contributed by atoms with E-state index in [-0.39, 0.29) is 0 Å². The number of aromatic nitrogens is 4. The number of pyridine rings is 1. The zero-order valence-corrected chi connectivity index (χ0v) is 12.2. The Balaban J connectivity index is 1.66. The molecule has 0 radical (unpaired) electrons. The summed E-state index contributed by atoms with van der Waals surface area (Å²) < 4.78 is 1.52. The standard InChI is InChI=1S/C15H15N5S/c16-20-14(13-7-4-9-17-11-13)18-19-15(20)21-10-8-12-5-2-1-3-6-12/h1-7,9,11H,8,10,16H2. The van der Waals surface area contributed by atoms with Crippen LogP contribution in [-0.2, 0) is 6.42 Å². The van der Waals surface area contributed by atoms with Crippen LogP contribution in [0.5, 0.6) is 0 Å². The summed E-state index contributed by atoms with van der Waals surface area (Å²) in [5.41, 5.74) is 2.17. The Kier molecular flexibility index (Phi) is 4.16. The third-order valence-corrected chi connectivity index (χ3v) is 3.99. The molecule has 0 bridgehead atoms. The third-order valence-electron chi connectivity index (χ3n) is 3.05. The molecule has 0 amide bonds. The Morgan fingerprint density at radius 3 is 2.67 bits per heavy atom. The molecule has 0 fully saturated rings. The van der Waals surface area contributed by atoms with Crippen LogP contribution in [-0.4, -0.2) is 25.6 Å². The number of nitrogens with zero attached hydrogens (tertiary/aromatic N) is 4. The van der Waals surface area contributed by atoms with Crippen molar-refractivity contribution in [2.24, 2.45) is 0 Å². The molecule has 3 rings (SSSR count). The maximum atomic E-state index is 6.06. The van der Waals surface area contributed by atoms with Crippen molar-refractivity contribution in [2.45, 2.75) is 11.6 Å². The number of benzene rings is 1. The van der Waals surface area contributed by atoms with Gasteiger partial charge in [0.2, 0.25) is 5.16 Å². The molecule has 106 valence electrons. The number of aryl methyl sites for hydroxylation is 1. The van der Waals surface area contributed by atoms with Gasteiger partial charge in [0.05, 0.1) is 0 Å². The molecule has 0 unspecified atom stereocenters. The number of nitrogen functional groups attached to an aromatic ring is 1. The topological polar surface area (TPSA) is 69.6 Å². The minimum atomic E-state index is 0.630. The summed E-state index contributed by atoms with van der Waals surface area (Å²) in [4.78, 5) is 4.07. The van der Waals surface area contributed by atoms with E-state index < -0.39 is 0 Å². The van der Waals surface area contributed by atoms with E-state index in [0.717, 1.165) is 17.7 Å². The van der Waals surface area contributed by atoms with Gasteiger partial charge in [-0.1, -0.05) is 42.1 Å². The van der Waals surface area contributed by atoms with Crippen LogP contribution in [0.1, 0.15) is 5.56 Å². The zero-order chi connectivity index (χ0) is 14.5. The van der Waals surface area contributed by atoms with Gasteiger partial charge in [0.1, 0.15) is 0 Å². The quantitative estimate of drug-likeness (QED) is 0.578. The van der Waals surface area contributed by atoms with Gasteiger partial charge in [-0.25, -0.2) is 4.68 Å². The van der Waals surface area contributed by atoms with Gasteiger partial charge < -0.3 is 5.84 Å². The van der Waals surface area contributed by atoms with Crippen LogP contribution in [0, 0.1) is 0 Å². The normalized spacial score (nSPS) is 10.7. The van der Waals surface area contributed by atoms with Crippen molar-refractivity contribution in [1.29, 1.82) is 0 Å². The number of hydrogen-bond acceptors (Lipinski definition) is 5. The summed E-state index contributed by atoms with van der Waals surface area (Å²) in [6.45, 7) is 0. The first-order chi connectivity index (χ1) is 10.3. The van der Waals surface area contributed by atoms with Gasteiger partial charge in [-0.15, -0.1) is 10.2 Å². The van der Waals surface area contributed by atoms with Crippen molar-refractivity contribution in [3.8, 4) is 11.4 Å². The highest BCUT2D eigenvalue weighted by atomic mass is 32.2. The average molecular weight is 297 g/mol. The highest BCUT2D eigenvalue weighted by molar-refractivity contribution is 7.99. The van der Waals surface area contributed by atoms with Gasteiger partial charge in [-0.05, 0) is 24.1 Å². The van der Waals surface area contributed by atoms with E-state index in [2.05, 4.69) is 27.3 Å². The van der Waals surface area contributed by atoms with Crippen molar-refractivity contribution in [1.82, 2.24) is 19.9 Å². The number of nitrogens with two attached hydrogens (primary N) is 1. The molecular formula is C15H15N5S. The minimum absolute atomic E-state index is 0.630. The van der Waals surface area contributed by atoms with E-state index in [9.17, 15) is 0 Å². The molecule has 0 spiro atoms. The van der Waals surface area contributed by atoms with E-state index >= 15 is 0 Å². The van der Waals surface area contributed by atoms with Crippen LogP contribution in [0.4, 0.5) is 0 Å². The lowest BCUT2D eigenvalue weighted by Gasteiger charge is -2.03. The molecule has 3 aromatic rings. The predicted octanol–water partition coefficient (Wildman–Crippen LogP) is 2.39. The van der Waals surface area contributed by atoms with Gasteiger partial charge in [0.25, 0.3) is 0 Å². The summed E-state index contributed by atoms with van der Waals surface area (Å²) in [5, 5.41) is 9.00. The van der Waals surface area contributed by atoms with E-state index in [4.69, 9.17) is 5.84 Å². The lowest BCUT2D eigenvalue weighted by Crippen LogP contribution is -2.11. The maximum absolute atomic E-state index is 6.06. The van der Waals surface area contributed by atoms with Crippen LogP contribution >= 0.6 is 11.8 Å². The van der Waals surface area contributed by atoms with Crippen molar-refractivity contribution in [2.75, 3.05) is 11.6 Å². The van der Waals surface area contributed by atoms with Crippen molar-refractivity contribution in [3.63, 3.8) is 0 Å². The summed E-state index contributed by atoms with van der Waals surface area (Å²) in [7, 11) is 0. The zero-order valence-electron chi connectivity index (χ0n) is 11.4. The SMILES string of the molecule is Nn1c(SCCc2ccccc2)nnc1-c1cccnc1. The summed E-state index contributed by atoms with van der Waals surface area (Å²) in [6, 6.07) is 14.1. The predicted molar refractivity (Wildman–Crippen MR) is 84.3 cm³/mol. The van der Waals surface area contributed by atoms with Gasteiger partial charge >= 0.3 is 0 Å². The smallest absolute Gasteiger partial charge is 0.210 e. The second-order valence-corrected chi connectivity index (χ2v) is 5.56. The van der Waals surface area contributed by atoms with E-state index in [1.807, 2.05) is 30.3 Å². The van der Waals surface area contributed by atoms with Crippen LogP contribution in [0.2, 0.25) is 0 Å². The molecule has 0 atom stereocenters. The maximum Gasteiger partial charge on any atom is 0.210 e. The first-order valence-electron chi connectivity index (χ1n) is 6.62. The number of hydrogen-bond donors (Lipinski definition) is 1. The molecule has 0 aliphatic rings. The molecule has 2 heterocycles. The molecule has 0 aliphatic carbocycles. The Morgan fingerprint density at radius 1 is 1.05 bits per heavy atom. The molecule has 2 aromatic heterocycles. The third kappa shape index (κ3) is 3.22. The Bertz CT molecular complexity index is 697. The van der Waals surface area contributed by atoms with E-state index in [1.54, 1.807) is 24.2 Å². The van der Waals surface area contributed by atoms with E-state index in [0.29, 0.717) is 11.0 Å². The van der Waals surface area contributed by atoms with Gasteiger partial charge in [0, 0.05) is 23.7 Å². The Hall–Kier alpha value is -2.34. The van der Waals surface area contributed by atoms with Crippen LogP contribution in [0.3, 0.4) is 0 Å². The van der Waals surface area contributed by atoms with Crippen molar-refractivity contribution < 1.29 is 0 Å². The Labute approximate surface area is 127 Å². The molecule has 21 heavy (non-hydrogen) atoms. The highest BCUT2D eigenvalue weighted by Gasteiger charge is 2.11. The first-order valence-corrected chi connectivity index (χ1v) is 7.61. The van der Waals surface area contributed by atoms with Crippen LogP contribution in [0.25, 0.3) is 11.4 Å². The molecule has 1 aromatic carbocycles.